The van der Waals surface area contributed by atoms with Gasteiger partial charge in [-0.25, -0.2) is 4.98 Å². The fourth-order valence-corrected chi connectivity index (χ4v) is 1.93. The second-order valence-corrected chi connectivity index (χ2v) is 4.83. The predicted molar refractivity (Wildman–Crippen MR) is 78.5 cm³/mol. The molecule has 0 amide bonds. The highest BCUT2D eigenvalue weighted by Gasteiger charge is 2.05. The van der Waals surface area contributed by atoms with E-state index in [-0.39, 0.29) is 0 Å². The summed E-state index contributed by atoms with van der Waals surface area (Å²) in [6.07, 6.45) is 2.67. The van der Waals surface area contributed by atoms with Crippen LogP contribution in [-0.4, -0.2) is 21.3 Å². The van der Waals surface area contributed by atoms with Crippen molar-refractivity contribution in [2.45, 2.75) is 32.9 Å². The summed E-state index contributed by atoms with van der Waals surface area (Å²) < 4.78 is 7.42. The van der Waals surface area contributed by atoms with E-state index < -0.39 is 0 Å². The lowest BCUT2D eigenvalue weighted by Crippen LogP contribution is -2.19. The Balaban J connectivity index is 1.89. The second-order valence-electron chi connectivity index (χ2n) is 4.83. The van der Waals surface area contributed by atoms with Crippen LogP contribution in [0.1, 0.15) is 37.7 Å². The van der Waals surface area contributed by atoms with Crippen molar-refractivity contribution >= 4 is 0 Å². The first-order valence-electron chi connectivity index (χ1n) is 6.99. The number of aryl methyl sites for hydroxylation is 1. The maximum absolute atomic E-state index is 5.70. The van der Waals surface area contributed by atoms with E-state index in [1.54, 1.807) is 4.68 Å². The molecule has 0 bridgehead atoms. The standard InChI is InChI=1S/C15H22N4O/c1-4-9-16-12(2)13-5-7-14(8-6-13)20-10-15-17-11-18-19(15)3/h5-8,11-12,16H,4,9-10H2,1-3H3. The molecule has 1 atom stereocenters. The third kappa shape index (κ3) is 3.81. The van der Waals surface area contributed by atoms with Crippen LogP contribution in [0.25, 0.3) is 0 Å². The lowest BCUT2D eigenvalue weighted by Gasteiger charge is -2.14. The monoisotopic (exact) mass is 274 g/mol. The van der Waals surface area contributed by atoms with Crippen LogP contribution in [0.5, 0.6) is 5.75 Å². The summed E-state index contributed by atoms with van der Waals surface area (Å²) in [5, 5.41) is 7.48. The molecule has 0 spiro atoms. The quantitative estimate of drug-likeness (QED) is 0.842. The minimum atomic E-state index is 0.364. The average Bonchev–Trinajstić information content (AvgIpc) is 2.88. The molecule has 0 aliphatic rings. The van der Waals surface area contributed by atoms with Gasteiger partial charge in [-0.15, -0.1) is 0 Å². The molecule has 108 valence electrons. The Bertz CT molecular complexity index is 521. The van der Waals surface area contributed by atoms with Crippen molar-refractivity contribution in [1.82, 2.24) is 20.1 Å². The lowest BCUT2D eigenvalue weighted by molar-refractivity contribution is 0.289. The van der Waals surface area contributed by atoms with Gasteiger partial charge < -0.3 is 10.1 Å². The highest BCUT2D eigenvalue weighted by molar-refractivity contribution is 5.29. The van der Waals surface area contributed by atoms with Crippen LogP contribution in [0.2, 0.25) is 0 Å². The number of aromatic nitrogens is 3. The number of benzene rings is 1. The van der Waals surface area contributed by atoms with Crippen LogP contribution < -0.4 is 10.1 Å². The minimum absolute atomic E-state index is 0.364. The molecule has 5 nitrogen and oxygen atoms in total. The number of hydrogen-bond donors (Lipinski definition) is 1. The normalized spacial score (nSPS) is 12.3. The predicted octanol–water partition coefficient (Wildman–Crippen LogP) is 2.45. The van der Waals surface area contributed by atoms with Crippen molar-refractivity contribution < 1.29 is 4.74 Å². The molecule has 1 aromatic carbocycles. The van der Waals surface area contributed by atoms with Crippen LogP contribution in [0.4, 0.5) is 0 Å². The van der Waals surface area contributed by atoms with Crippen molar-refractivity contribution in [2.75, 3.05) is 6.54 Å². The molecule has 0 saturated carbocycles. The van der Waals surface area contributed by atoms with Gasteiger partial charge in [0.05, 0.1) is 0 Å². The van der Waals surface area contributed by atoms with E-state index in [9.17, 15) is 0 Å². The molecule has 1 aromatic heterocycles. The molecule has 0 aliphatic carbocycles. The summed E-state index contributed by atoms with van der Waals surface area (Å²) in [7, 11) is 1.86. The second kappa shape index (κ2) is 7.05. The first-order chi connectivity index (χ1) is 9.70. The fraction of sp³-hybridized carbons (Fsp3) is 0.467. The van der Waals surface area contributed by atoms with Gasteiger partial charge in [-0.1, -0.05) is 19.1 Å². The van der Waals surface area contributed by atoms with E-state index in [0.29, 0.717) is 12.6 Å². The summed E-state index contributed by atoms with van der Waals surface area (Å²) in [6, 6.07) is 8.55. The van der Waals surface area contributed by atoms with Gasteiger partial charge in [-0.05, 0) is 37.6 Å². The molecule has 0 radical (unpaired) electrons. The molecule has 1 N–H and O–H groups in total. The zero-order valence-electron chi connectivity index (χ0n) is 12.3. The number of nitrogens with zero attached hydrogens (tertiary/aromatic N) is 3. The van der Waals surface area contributed by atoms with Crippen LogP contribution in [0.15, 0.2) is 30.6 Å². The van der Waals surface area contributed by atoms with Crippen LogP contribution in [0, 0.1) is 0 Å². The maximum atomic E-state index is 5.70. The first kappa shape index (κ1) is 14.5. The van der Waals surface area contributed by atoms with Crippen molar-refractivity contribution in [3.63, 3.8) is 0 Å². The van der Waals surface area contributed by atoms with Gasteiger partial charge in [0.1, 0.15) is 18.7 Å². The van der Waals surface area contributed by atoms with Crippen LogP contribution in [-0.2, 0) is 13.7 Å². The van der Waals surface area contributed by atoms with Crippen LogP contribution in [0.3, 0.4) is 0 Å². The first-order valence-corrected chi connectivity index (χ1v) is 6.99. The molecule has 1 unspecified atom stereocenters. The molecular formula is C15H22N4O. The van der Waals surface area contributed by atoms with Gasteiger partial charge in [0, 0.05) is 13.1 Å². The summed E-state index contributed by atoms with van der Waals surface area (Å²) in [5.74, 6) is 1.66. The molecule has 5 heteroatoms. The highest BCUT2D eigenvalue weighted by atomic mass is 16.5. The van der Waals surface area contributed by atoms with Crippen molar-refractivity contribution in [1.29, 1.82) is 0 Å². The number of nitrogens with one attached hydrogen (secondary N) is 1. The Labute approximate surface area is 120 Å². The molecule has 0 saturated heterocycles. The average molecular weight is 274 g/mol. The smallest absolute Gasteiger partial charge is 0.164 e. The molecule has 0 aliphatic heterocycles. The molecule has 2 aromatic rings. The summed E-state index contributed by atoms with van der Waals surface area (Å²) in [4.78, 5) is 4.13. The van der Waals surface area contributed by atoms with Crippen LogP contribution >= 0.6 is 0 Å². The van der Waals surface area contributed by atoms with Crippen molar-refractivity contribution in [3.8, 4) is 5.75 Å². The minimum Gasteiger partial charge on any atom is -0.486 e. The highest BCUT2D eigenvalue weighted by Crippen LogP contribution is 2.18. The van der Waals surface area contributed by atoms with Gasteiger partial charge in [0.2, 0.25) is 0 Å². The maximum Gasteiger partial charge on any atom is 0.164 e. The molecular weight excluding hydrogens is 252 g/mol. The Morgan fingerprint density at radius 1 is 1.30 bits per heavy atom. The van der Waals surface area contributed by atoms with Gasteiger partial charge in [0.15, 0.2) is 5.82 Å². The van der Waals surface area contributed by atoms with Crippen molar-refractivity contribution in [2.24, 2.45) is 7.05 Å². The molecule has 2 rings (SSSR count). The Kier molecular flexibility index (Phi) is 5.12. The molecule has 1 heterocycles. The SMILES string of the molecule is CCCNC(C)c1ccc(OCc2ncnn2C)cc1. The van der Waals surface area contributed by atoms with E-state index in [1.165, 1.54) is 11.9 Å². The number of rotatable bonds is 7. The lowest BCUT2D eigenvalue weighted by atomic mass is 10.1. The Morgan fingerprint density at radius 3 is 2.65 bits per heavy atom. The molecule has 0 fully saturated rings. The largest absolute Gasteiger partial charge is 0.486 e. The zero-order chi connectivity index (χ0) is 14.4. The molecule has 20 heavy (non-hydrogen) atoms. The summed E-state index contributed by atoms with van der Waals surface area (Å²) in [5.41, 5.74) is 1.27. The van der Waals surface area contributed by atoms with Gasteiger partial charge in [-0.2, -0.15) is 5.10 Å². The van der Waals surface area contributed by atoms with E-state index in [1.807, 2.05) is 19.2 Å². The van der Waals surface area contributed by atoms with Gasteiger partial charge in [-0.3, -0.25) is 4.68 Å². The zero-order valence-corrected chi connectivity index (χ0v) is 12.3. The third-order valence-electron chi connectivity index (χ3n) is 3.25. The summed E-state index contributed by atoms with van der Waals surface area (Å²) in [6.45, 7) is 5.80. The Hall–Kier alpha value is -1.88. The van der Waals surface area contributed by atoms with E-state index in [4.69, 9.17) is 4.74 Å². The number of ether oxygens (including phenoxy) is 1. The topological polar surface area (TPSA) is 52.0 Å². The van der Waals surface area contributed by atoms with Gasteiger partial charge in [0.25, 0.3) is 0 Å². The Morgan fingerprint density at radius 2 is 2.05 bits per heavy atom. The van der Waals surface area contributed by atoms with Gasteiger partial charge >= 0.3 is 0 Å². The summed E-state index contributed by atoms with van der Waals surface area (Å²) >= 11 is 0. The fourth-order valence-electron chi connectivity index (χ4n) is 1.93. The van der Waals surface area contributed by atoms with Crippen molar-refractivity contribution in [3.05, 3.63) is 42.0 Å². The third-order valence-corrected chi connectivity index (χ3v) is 3.25. The van der Waals surface area contributed by atoms with E-state index in [0.717, 1.165) is 24.5 Å². The number of hydrogen-bond acceptors (Lipinski definition) is 4. The van der Waals surface area contributed by atoms with E-state index >= 15 is 0 Å². The van der Waals surface area contributed by atoms with E-state index in [2.05, 4.69) is 41.4 Å².